The van der Waals surface area contributed by atoms with Crippen molar-refractivity contribution in [2.75, 3.05) is 26.7 Å². The first-order valence-corrected chi connectivity index (χ1v) is 6.13. The third-order valence-electron chi connectivity index (χ3n) is 3.04. The smallest absolute Gasteiger partial charge is 0.332 e. The number of aliphatic carboxylic acids is 1. The number of rotatable bonds is 5. The lowest BCUT2D eigenvalue weighted by molar-refractivity contribution is -0.146. The van der Waals surface area contributed by atoms with Crippen molar-refractivity contribution in [2.24, 2.45) is 0 Å². The zero-order valence-electron chi connectivity index (χ0n) is 10.6. The maximum absolute atomic E-state index is 11.5. The Morgan fingerprint density at radius 3 is 2.56 bits per heavy atom. The van der Waals surface area contributed by atoms with Crippen molar-refractivity contribution in [2.45, 2.75) is 31.4 Å². The van der Waals surface area contributed by atoms with Crippen LogP contribution in [0, 0.1) is 0 Å². The van der Waals surface area contributed by atoms with E-state index in [1.54, 1.807) is 0 Å². The normalized spacial score (nSPS) is 19.2. The summed E-state index contributed by atoms with van der Waals surface area (Å²) in [5.74, 6) is -1.27. The van der Waals surface area contributed by atoms with Crippen LogP contribution < -0.4 is 10.6 Å². The number of nitrogens with one attached hydrogen (secondary N) is 2. The largest absolute Gasteiger partial charge is 0.479 e. The van der Waals surface area contributed by atoms with Crippen molar-refractivity contribution in [3.05, 3.63) is 0 Å². The molecule has 2 amide bonds. The van der Waals surface area contributed by atoms with Gasteiger partial charge in [0.15, 0.2) is 6.10 Å². The third-order valence-corrected chi connectivity index (χ3v) is 3.04. The van der Waals surface area contributed by atoms with Crippen molar-refractivity contribution in [1.82, 2.24) is 15.5 Å². The highest BCUT2D eigenvalue weighted by atomic mass is 16.4. The highest BCUT2D eigenvalue weighted by Crippen LogP contribution is 2.07. The SMILES string of the molecule is CN1CCC(NC(=O)NCCC(O)C(=O)O)CC1. The van der Waals surface area contributed by atoms with Crippen LogP contribution in [-0.4, -0.2) is 65.9 Å². The lowest BCUT2D eigenvalue weighted by Crippen LogP contribution is -2.47. The molecule has 0 saturated carbocycles. The quantitative estimate of drug-likeness (QED) is 0.518. The molecule has 0 bridgehead atoms. The standard InChI is InChI=1S/C11H21N3O4/c1-14-6-3-8(4-7-14)13-11(18)12-5-2-9(15)10(16)17/h8-9,15H,2-7H2,1H3,(H,16,17)(H2,12,13,18). The fourth-order valence-electron chi connectivity index (χ4n) is 1.84. The number of hydrogen-bond donors (Lipinski definition) is 4. The molecule has 0 spiro atoms. The number of urea groups is 1. The van der Waals surface area contributed by atoms with Crippen LogP contribution in [0.5, 0.6) is 0 Å². The fourth-order valence-corrected chi connectivity index (χ4v) is 1.84. The molecule has 0 aliphatic carbocycles. The number of carboxylic acids is 1. The van der Waals surface area contributed by atoms with Gasteiger partial charge in [0.05, 0.1) is 0 Å². The van der Waals surface area contributed by atoms with Crippen molar-refractivity contribution < 1.29 is 19.8 Å². The Bertz CT molecular complexity index is 290. The monoisotopic (exact) mass is 259 g/mol. The number of piperidine rings is 1. The summed E-state index contributed by atoms with van der Waals surface area (Å²) in [7, 11) is 2.05. The number of likely N-dealkylation sites (tertiary alicyclic amines) is 1. The van der Waals surface area contributed by atoms with Gasteiger partial charge in [0.25, 0.3) is 0 Å². The Morgan fingerprint density at radius 2 is 2.00 bits per heavy atom. The van der Waals surface area contributed by atoms with Crippen molar-refractivity contribution in [3.63, 3.8) is 0 Å². The van der Waals surface area contributed by atoms with Gasteiger partial charge in [-0.25, -0.2) is 9.59 Å². The van der Waals surface area contributed by atoms with Crippen molar-refractivity contribution >= 4 is 12.0 Å². The maximum Gasteiger partial charge on any atom is 0.332 e. The zero-order valence-corrected chi connectivity index (χ0v) is 10.6. The van der Waals surface area contributed by atoms with E-state index < -0.39 is 12.1 Å². The average molecular weight is 259 g/mol. The van der Waals surface area contributed by atoms with Gasteiger partial charge in [0.1, 0.15) is 0 Å². The first kappa shape index (κ1) is 14.7. The molecule has 0 radical (unpaired) electrons. The van der Waals surface area contributed by atoms with Gasteiger partial charge in [-0.3, -0.25) is 0 Å². The van der Waals surface area contributed by atoms with Crippen molar-refractivity contribution in [3.8, 4) is 0 Å². The summed E-state index contributed by atoms with van der Waals surface area (Å²) in [5.41, 5.74) is 0. The molecular weight excluding hydrogens is 238 g/mol. The fraction of sp³-hybridized carbons (Fsp3) is 0.818. The van der Waals surface area contributed by atoms with Gasteiger partial charge < -0.3 is 25.7 Å². The first-order chi connectivity index (χ1) is 8.49. The summed E-state index contributed by atoms with van der Waals surface area (Å²) >= 11 is 0. The molecule has 1 aliphatic heterocycles. The molecule has 0 aromatic carbocycles. The van der Waals surface area contributed by atoms with E-state index in [2.05, 4.69) is 15.5 Å². The van der Waals surface area contributed by atoms with Gasteiger partial charge in [-0.1, -0.05) is 0 Å². The molecule has 4 N–H and O–H groups in total. The van der Waals surface area contributed by atoms with Crippen LogP contribution in [0.1, 0.15) is 19.3 Å². The molecule has 1 heterocycles. The third kappa shape index (κ3) is 5.33. The minimum absolute atomic E-state index is 0.0101. The first-order valence-electron chi connectivity index (χ1n) is 6.13. The average Bonchev–Trinajstić information content (AvgIpc) is 2.32. The minimum atomic E-state index is -1.42. The minimum Gasteiger partial charge on any atom is -0.479 e. The van der Waals surface area contributed by atoms with E-state index in [1.807, 2.05) is 7.05 Å². The van der Waals surface area contributed by atoms with E-state index in [9.17, 15) is 9.59 Å². The van der Waals surface area contributed by atoms with E-state index in [1.165, 1.54) is 0 Å². The van der Waals surface area contributed by atoms with E-state index >= 15 is 0 Å². The number of carbonyl (C=O) groups excluding carboxylic acids is 1. The van der Waals surface area contributed by atoms with Crippen molar-refractivity contribution in [1.29, 1.82) is 0 Å². The number of carboxylic acid groups (broad SMARTS) is 1. The van der Waals surface area contributed by atoms with Crippen LogP contribution in [0.25, 0.3) is 0 Å². The zero-order chi connectivity index (χ0) is 13.5. The molecule has 18 heavy (non-hydrogen) atoms. The molecule has 7 heteroatoms. The summed E-state index contributed by atoms with van der Waals surface area (Å²) in [4.78, 5) is 24.0. The Hall–Kier alpha value is -1.34. The second-order valence-corrected chi connectivity index (χ2v) is 4.62. The molecule has 104 valence electrons. The molecular formula is C11H21N3O4. The Kier molecular flexibility index (Phi) is 5.87. The summed E-state index contributed by atoms with van der Waals surface area (Å²) in [6.45, 7) is 2.07. The molecule has 1 fully saturated rings. The Balaban J connectivity index is 2.12. The number of nitrogens with zero attached hydrogens (tertiary/aromatic N) is 1. The van der Waals surface area contributed by atoms with Crippen LogP contribution in [0.2, 0.25) is 0 Å². The summed E-state index contributed by atoms with van der Waals surface area (Å²) in [6.07, 6.45) is 0.424. The molecule has 0 aromatic rings. The molecule has 1 aliphatic rings. The van der Waals surface area contributed by atoms with E-state index in [-0.39, 0.29) is 25.0 Å². The van der Waals surface area contributed by atoms with Crippen LogP contribution in [-0.2, 0) is 4.79 Å². The number of carbonyl (C=O) groups is 2. The number of hydrogen-bond acceptors (Lipinski definition) is 4. The molecule has 1 atom stereocenters. The summed E-state index contributed by atoms with van der Waals surface area (Å²) in [5, 5.41) is 22.8. The van der Waals surface area contributed by atoms with Gasteiger partial charge in [0, 0.05) is 19.0 Å². The van der Waals surface area contributed by atoms with Crippen LogP contribution in [0.15, 0.2) is 0 Å². The Labute approximate surface area is 106 Å². The van der Waals surface area contributed by atoms with Crippen LogP contribution in [0.4, 0.5) is 4.79 Å². The lowest BCUT2D eigenvalue weighted by atomic mass is 10.1. The van der Waals surface area contributed by atoms with E-state index in [0.29, 0.717) is 0 Å². The number of aliphatic hydroxyl groups is 1. The predicted octanol–water partition coefficient (Wildman–Crippen LogP) is -0.785. The second-order valence-electron chi connectivity index (χ2n) is 4.62. The second kappa shape index (κ2) is 7.17. The predicted molar refractivity (Wildman–Crippen MR) is 65.3 cm³/mol. The highest BCUT2D eigenvalue weighted by Gasteiger charge is 2.18. The lowest BCUT2D eigenvalue weighted by Gasteiger charge is -2.29. The van der Waals surface area contributed by atoms with Crippen LogP contribution in [0.3, 0.4) is 0 Å². The van der Waals surface area contributed by atoms with E-state index in [4.69, 9.17) is 10.2 Å². The van der Waals surface area contributed by atoms with Gasteiger partial charge in [-0.15, -0.1) is 0 Å². The molecule has 1 saturated heterocycles. The number of amides is 2. The van der Waals surface area contributed by atoms with Gasteiger partial charge in [0.2, 0.25) is 0 Å². The molecule has 0 aromatic heterocycles. The highest BCUT2D eigenvalue weighted by molar-refractivity contribution is 5.74. The molecule has 1 rings (SSSR count). The van der Waals surface area contributed by atoms with Gasteiger partial charge >= 0.3 is 12.0 Å². The Morgan fingerprint density at radius 1 is 1.39 bits per heavy atom. The summed E-state index contributed by atoms with van der Waals surface area (Å²) in [6, 6.07) is -0.132. The van der Waals surface area contributed by atoms with Gasteiger partial charge in [-0.05, 0) is 33.0 Å². The van der Waals surface area contributed by atoms with E-state index in [0.717, 1.165) is 25.9 Å². The molecule has 1 unspecified atom stereocenters. The maximum atomic E-state index is 11.5. The number of aliphatic hydroxyl groups excluding tert-OH is 1. The van der Waals surface area contributed by atoms with Crippen LogP contribution >= 0.6 is 0 Å². The molecule has 7 nitrogen and oxygen atoms in total. The summed E-state index contributed by atoms with van der Waals surface area (Å²) < 4.78 is 0. The van der Waals surface area contributed by atoms with Gasteiger partial charge in [-0.2, -0.15) is 0 Å². The topological polar surface area (TPSA) is 102 Å².